The number of halogens is 1. The van der Waals surface area contributed by atoms with Crippen molar-refractivity contribution >= 4 is 44.6 Å². The van der Waals surface area contributed by atoms with Gasteiger partial charge in [-0.15, -0.1) is 11.3 Å². The Labute approximate surface area is 133 Å². The van der Waals surface area contributed by atoms with Crippen LogP contribution in [0.5, 0.6) is 0 Å². The number of nitrogen functional groups attached to an aromatic ring is 1. The molecule has 112 valence electrons. The Bertz CT molecular complexity index is 682. The summed E-state index contributed by atoms with van der Waals surface area (Å²) in [5, 5.41) is 1.60. The Kier molecular flexibility index (Phi) is 4.09. The highest BCUT2D eigenvalue weighted by Crippen LogP contribution is 2.37. The molecule has 1 fully saturated rings. The van der Waals surface area contributed by atoms with E-state index in [1.54, 1.807) is 0 Å². The minimum Gasteiger partial charge on any atom is -0.397 e. The van der Waals surface area contributed by atoms with E-state index in [1.165, 1.54) is 17.8 Å². The highest BCUT2D eigenvalue weighted by atomic mass is 35.5. The summed E-state index contributed by atoms with van der Waals surface area (Å²) in [6, 6.07) is 5.94. The average Bonchev–Trinajstić information content (AvgIpc) is 2.82. The van der Waals surface area contributed by atoms with Gasteiger partial charge in [-0.1, -0.05) is 18.5 Å². The lowest BCUT2D eigenvalue weighted by molar-refractivity contribution is 0.0614. The lowest BCUT2D eigenvalue weighted by atomic mass is 9.99. The van der Waals surface area contributed by atoms with E-state index >= 15 is 0 Å². The first-order valence-electron chi connectivity index (χ1n) is 7.40. The molecule has 2 aromatic rings. The summed E-state index contributed by atoms with van der Waals surface area (Å²) in [6.07, 6.45) is 4.39. The van der Waals surface area contributed by atoms with Gasteiger partial charge in [0.1, 0.15) is 4.88 Å². The lowest BCUT2D eigenvalue weighted by Gasteiger charge is -2.35. The summed E-state index contributed by atoms with van der Waals surface area (Å²) >= 11 is 7.48. The second kappa shape index (κ2) is 5.85. The molecule has 3 rings (SSSR count). The van der Waals surface area contributed by atoms with E-state index in [2.05, 4.69) is 6.92 Å². The number of rotatable bonds is 2. The van der Waals surface area contributed by atoms with Crippen molar-refractivity contribution in [2.45, 2.75) is 38.6 Å². The molecule has 1 unspecified atom stereocenters. The number of amides is 1. The van der Waals surface area contributed by atoms with E-state index in [0.29, 0.717) is 21.6 Å². The smallest absolute Gasteiger partial charge is 0.266 e. The van der Waals surface area contributed by atoms with Crippen LogP contribution in [-0.4, -0.2) is 23.4 Å². The van der Waals surface area contributed by atoms with E-state index in [4.69, 9.17) is 17.3 Å². The van der Waals surface area contributed by atoms with Gasteiger partial charge >= 0.3 is 0 Å². The zero-order valence-electron chi connectivity index (χ0n) is 12.1. The number of benzene rings is 1. The van der Waals surface area contributed by atoms with Crippen LogP contribution in [0, 0.1) is 0 Å². The Balaban J connectivity index is 1.99. The molecule has 1 aliphatic rings. The maximum Gasteiger partial charge on any atom is 0.266 e. The van der Waals surface area contributed by atoms with Gasteiger partial charge < -0.3 is 10.6 Å². The molecule has 5 heteroatoms. The Morgan fingerprint density at radius 2 is 2.29 bits per heavy atom. The Hall–Kier alpha value is -1.26. The number of hydrogen-bond donors (Lipinski definition) is 1. The number of thiophene rings is 1. The summed E-state index contributed by atoms with van der Waals surface area (Å²) in [6.45, 7) is 2.98. The van der Waals surface area contributed by atoms with E-state index in [0.717, 1.165) is 35.9 Å². The molecular formula is C16H19ClN2OS. The fourth-order valence-corrected chi connectivity index (χ4v) is 4.43. The van der Waals surface area contributed by atoms with Gasteiger partial charge in [0.05, 0.1) is 5.69 Å². The normalized spacial score (nSPS) is 19.1. The summed E-state index contributed by atoms with van der Waals surface area (Å²) in [7, 11) is 0. The van der Waals surface area contributed by atoms with Crippen LogP contribution in [0.2, 0.25) is 5.02 Å². The predicted octanol–water partition coefficient (Wildman–Crippen LogP) is 4.54. The summed E-state index contributed by atoms with van der Waals surface area (Å²) in [4.78, 5) is 15.5. The SMILES string of the molecule is CCC1CCCCN1C(=O)c1sc2cc(Cl)ccc2c1N. The van der Waals surface area contributed by atoms with Crippen molar-refractivity contribution in [3.05, 3.63) is 28.1 Å². The van der Waals surface area contributed by atoms with E-state index in [1.807, 2.05) is 23.1 Å². The van der Waals surface area contributed by atoms with Crippen LogP contribution in [0.25, 0.3) is 10.1 Å². The first-order valence-corrected chi connectivity index (χ1v) is 8.59. The van der Waals surface area contributed by atoms with Crippen molar-refractivity contribution in [1.29, 1.82) is 0 Å². The van der Waals surface area contributed by atoms with Crippen LogP contribution in [0.15, 0.2) is 18.2 Å². The standard InChI is InChI=1S/C16H19ClN2OS/c1-2-11-5-3-4-8-19(11)16(20)15-14(18)12-7-6-10(17)9-13(12)21-15/h6-7,9,11H,2-5,8,18H2,1H3. The van der Waals surface area contributed by atoms with Crippen LogP contribution < -0.4 is 5.73 Å². The Morgan fingerprint density at radius 1 is 1.48 bits per heavy atom. The highest BCUT2D eigenvalue weighted by Gasteiger charge is 2.29. The maximum atomic E-state index is 12.9. The van der Waals surface area contributed by atoms with Crippen molar-refractivity contribution in [3.8, 4) is 0 Å². The number of fused-ring (bicyclic) bond motifs is 1. The summed E-state index contributed by atoms with van der Waals surface area (Å²) < 4.78 is 0.980. The van der Waals surface area contributed by atoms with Gasteiger partial charge in [-0.3, -0.25) is 4.79 Å². The van der Waals surface area contributed by atoms with Crippen LogP contribution in [-0.2, 0) is 0 Å². The minimum absolute atomic E-state index is 0.0800. The molecular weight excluding hydrogens is 304 g/mol. The topological polar surface area (TPSA) is 46.3 Å². The van der Waals surface area contributed by atoms with Crippen LogP contribution in [0.1, 0.15) is 42.3 Å². The predicted molar refractivity (Wildman–Crippen MR) is 90.2 cm³/mol. The number of piperidine rings is 1. The number of hydrogen-bond acceptors (Lipinski definition) is 3. The molecule has 0 saturated carbocycles. The molecule has 1 aliphatic heterocycles. The number of anilines is 1. The third kappa shape index (κ3) is 2.62. The van der Waals surface area contributed by atoms with Gasteiger partial charge in [0.2, 0.25) is 0 Å². The molecule has 1 amide bonds. The van der Waals surface area contributed by atoms with Crippen molar-refractivity contribution in [2.75, 3.05) is 12.3 Å². The zero-order valence-corrected chi connectivity index (χ0v) is 13.6. The molecule has 0 radical (unpaired) electrons. The fraction of sp³-hybridized carbons (Fsp3) is 0.438. The zero-order chi connectivity index (χ0) is 15.0. The van der Waals surface area contributed by atoms with E-state index in [-0.39, 0.29) is 5.91 Å². The molecule has 1 aromatic heterocycles. The third-order valence-electron chi connectivity index (χ3n) is 4.24. The fourth-order valence-electron chi connectivity index (χ4n) is 3.07. The van der Waals surface area contributed by atoms with Gasteiger partial charge in [0.25, 0.3) is 5.91 Å². The molecule has 1 aromatic carbocycles. The summed E-state index contributed by atoms with van der Waals surface area (Å²) in [5.74, 6) is 0.0800. The number of likely N-dealkylation sites (tertiary alicyclic amines) is 1. The molecule has 0 aliphatic carbocycles. The first-order chi connectivity index (χ1) is 10.1. The second-order valence-electron chi connectivity index (χ2n) is 5.54. The molecule has 2 heterocycles. The first kappa shape index (κ1) is 14.7. The molecule has 3 nitrogen and oxygen atoms in total. The van der Waals surface area contributed by atoms with Crippen molar-refractivity contribution in [1.82, 2.24) is 4.90 Å². The molecule has 2 N–H and O–H groups in total. The van der Waals surface area contributed by atoms with Gasteiger partial charge in [0.15, 0.2) is 0 Å². The van der Waals surface area contributed by atoms with Crippen molar-refractivity contribution < 1.29 is 4.79 Å². The monoisotopic (exact) mass is 322 g/mol. The molecule has 1 atom stereocenters. The van der Waals surface area contributed by atoms with E-state index < -0.39 is 0 Å². The summed E-state index contributed by atoms with van der Waals surface area (Å²) in [5.41, 5.74) is 6.80. The van der Waals surface area contributed by atoms with Gasteiger partial charge in [-0.05, 0) is 43.9 Å². The number of carbonyl (C=O) groups excluding carboxylic acids is 1. The average molecular weight is 323 g/mol. The quantitative estimate of drug-likeness (QED) is 0.882. The van der Waals surface area contributed by atoms with Crippen LogP contribution in [0.3, 0.4) is 0 Å². The number of carbonyl (C=O) groups is 1. The third-order valence-corrected chi connectivity index (χ3v) is 5.64. The van der Waals surface area contributed by atoms with E-state index in [9.17, 15) is 4.79 Å². The largest absolute Gasteiger partial charge is 0.397 e. The maximum absolute atomic E-state index is 12.9. The van der Waals surface area contributed by atoms with Gasteiger partial charge in [0, 0.05) is 27.7 Å². The molecule has 0 spiro atoms. The van der Waals surface area contributed by atoms with Crippen molar-refractivity contribution in [3.63, 3.8) is 0 Å². The molecule has 1 saturated heterocycles. The van der Waals surface area contributed by atoms with Crippen LogP contribution in [0.4, 0.5) is 5.69 Å². The molecule has 21 heavy (non-hydrogen) atoms. The van der Waals surface area contributed by atoms with Gasteiger partial charge in [-0.2, -0.15) is 0 Å². The lowest BCUT2D eigenvalue weighted by Crippen LogP contribution is -2.43. The minimum atomic E-state index is 0.0800. The Morgan fingerprint density at radius 3 is 3.05 bits per heavy atom. The molecule has 0 bridgehead atoms. The van der Waals surface area contributed by atoms with Gasteiger partial charge in [-0.25, -0.2) is 0 Å². The van der Waals surface area contributed by atoms with Crippen LogP contribution >= 0.6 is 22.9 Å². The highest BCUT2D eigenvalue weighted by molar-refractivity contribution is 7.21. The van der Waals surface area contributed by atoms with Crippen molar-refractivity contribution in [2.24, 2.45) is 0 Å². The number of nitrogens with two attached hydrogens (primary N) is 1. The second-order valence-corrected chi connectivity index (χ2v) is 7.03. The number of nitrogens with zero attached hydrogens (tertiary/aromatic N) is 1.